The summed E-state index contributed by atoms with van der Waals surface area (Å²) in [4.78, 5) is 4.72. The molecule has 1 aromatic heterocycles. The fourth-order valence-electron chi connectivity index (χ4n) is 3.09. The standard InChI is InChI=1S/C16H26N2/c1-4-17-16(14-10-8-12(2)9-11-14)15-7-5-6-13(3)18-15/h5-7,12,14,16-17H,4,8-11H2,1-3H3. The zero-order valence-corrected chi connectivity index (χ0v) is 11.9. The van der Waals surface area contributed by atoms with Crippen LogP contribution in [0, 0.1) is 18.8 Å². The first-order chi connectivity index (χ1) is 8.70. The predicted octanol–water partition coefficient (Wildman–Crippen LogP) is 3.87. The fraction of sp³-hybridized carbons (Fsp3) is 0.688. The number of nitrogens with zero attached hydrogens (tertiary/aromatic N) is 1. The Bertz CT molecular complexity index is 367. The van der Waals surface area contributed by atoms with Gasteiger partial charge in [-0.1, -0.05) is 32.8 Å². The lowest BCUT2D eigenvalue weighted by Gasteiger charge is -2.33. The number of pyridine rings is 1. The zero-order valence-electron chi connectivity index (χ0n) is 11.9. The molecular formula is C16H26N2. The molecule has 100 valence electrons. The molecule has 1 aliphatic rings. The summed E-state index contributed by atoms with van der Waals surface area (Å²) in [5, 5.41) is 3.65. The Hall–Kier alpha value is -0.890. The van der Waals surface area contributed by atoms with Crippen LogP contribution in [0.25, 0.3) is 0 Å². The van der Waals surface area contributed by atoms with Gasteiger partial charge in [0.25, 0.3) is 0 Å². The van der Waals surface area contributed by atoms with Crippen molar-refractivity contribution in [1.29, 1.82) is 0 Å². The second kappa shape index (κ2) is 6.33. The third-order valence-electron chi connectivity index (χ3n) is 4.18. The largest absolute Gasteiger partial charge is 0.309 e. The third kappa shape index (κ3) is 3.32. The van der Waals surface area contributed by atoms with E-state index in [1.165, 1.54) is 31.4 Å². The van der Waals surface area contributed by atoms with E-state index < -0.39 is 0 Å². The van der Waals surface area contributed by atoms with Crippen molar-refractivity contribution in [3.63, 3.8) is 0 Å². The number of nitrogens with one attached hydrogen (secondary N) is 1. The summed E-state index contributed by atoms with van der Waals surface area (Å²) in [5.41, 5.74) is 2.36. The van der Waals surface area contributed by atoms with E-state index in [-0.39, 0.29) is 0 Å². The van der Waals surface area contributed by atoms with Crippen LogP contribution in [0.3, 0.4) is 0 Å². The summed E-state index contributed by atoms with van der Waals surface area (Å²) in [6.07, 6.45) is 5.43. The van der Waals surface area contributed by atoms with Gasteiger partial charge < -0.3 is 5.32 Å². The molecule has 0 aromatic carbocycles. The first-order valence-corrected chi connectivity index (χ1v) is 7.37. The molecule has 2 nitrogen and oxygen atoms in total. The molecule has 0 amide bonds. The number of hydrogen-bond donors (Lipinski definition) is 1. The van der Waals surface area contributed by atoms with Gasteiger partial charge in [-0.3, -0.25) is 4.98 Å². The van der Waals surface area contributed by atoms with Crippen molar-refractivity contribution in [1.82, 2.24) is 10.3 Å². The minimum atomic E-state index is 0.447. The molecule has 0 radical (unpaired) electrons. The van der Waals surface area contributed by atoms with Gasteiger partial charge in [-0.05, 0) is 50.3 Å². The van der Waals surface area contributed by atoms with E-state index in [1.807, 2.05) is 0 Å². The number of rotatable bonds is 4. The maximum Gasteiger partial charge on any atom is 0.0579 e. The molecule has 0 spiro atoms. The van der Waals surface area contributed by atoms with Crippen LogP contribution in [-0.4, -0.2) is 11.5 Å². The van der Waals surface area contributed by atoms with Gasteiger partial charge in [0, 0.05) is 5.69 Å². The predicted molar refractivity (Wildman–Crippen MR) is 76.5 cm³/mol. The highest BCUT2D eigenvalue weighted by Crippen LogP contribution is 2.36. The van der Waals surface area contributed by atoms with Crippen molar-refractivity contribution in [2.45, 2.75) is 52.5 Å². The average molecular weight is 246 g/mol. The van der Waals surface area contributed by atoms with Gasteiger partial charge in [-0.2, -0.15) is 0 Å². The van der Waals surface area contributed by atoms with Crippen LogP contribution in [0.5, 0.6) is 0 Å². The minimum Gasteiger partial charge on any atom is -0.309 e. The van der Waals surface area contributed by atoms with Gasteiger partial charge in [0.1, 0.15) is 0 Å². The molecule has 1 atom stereocenters. The van der Waals surface area contributed by atoms with E-state index >= 15 is 0 Å². The molecule has 1 N–H and O–H groups in total. The summed E-state index contributed by atoms with van der Waals surface area (Å²) >= 11 is 0. The average Bonchev–Trinajstić information content (AvgIpc) is 2.37. The molecule has 0 bridgehead atoms. The van der Waals surface area contributed by atoms with Gasteiger partial charge in [-0.15, -0.1) is 0 Å². The molecule has 1 aromatic rings. The molecular weight excluding hydrogens is 220 g/mol. The molecule has 0 aliphatic heterocycles. The summed E-state index contributed by atoms with van der Waals surface area (Å²) in [6, 6.07) is 6.84. The quantitative estimate of drug-likeness (QED) is 0.872. The fourth-order valence-corrected chi connectivity index (χ4v) is 3.09. The Morgan fingerprint density at radius 1 is 1.28 bits per heavy atom. The highest BCUT2D eigenvalue weighted by molar-refractivity contribution is 5.14. The van der Waals surface area contributed by atoms with Crippen LogP contribution in [0.2, 0.25) is 0 Å². The normalized spacial score (nSPS) is 25.9. The monoisotopic (exact) mass is 246 g/mol. The smallest absolute Gasteiger partial charge is 0.0579 e. The maximum absolute atomic E-state index is 4.72. The first-order valence-electron chi connectivity index (χ1n) is 7.37. The van der Waals surface area contributed by atoms with Crippen molar-refractivity contribution < 1.29 is 0 Å². The van der Waals surface area contributed by atoms with E-state index in [9.17, 15) is 0 Å². The Morgan fingerprint density at radius 2 is 2.00 bits per heavy atom. The maximum atomic E-state index is 4.72. The van der Waals surface area contributed by atoms with Crippen molar-refractivity contribution in [2.75, 3.05) is 6.54 Å². The highest BCUT2D eigenvalue weighted by Gasteiger charge is 2.27. The lowest BCUT2D eigenvalue weighted by molar-refractivity contribution is 0.230. The molecule has 0 saturated heterocycles. The number of hydrogen-bond acceptors (Lipinski definition) is 2. The summed E-state index contributed by atoms with van der Waals surface area (Å²) in [6.45, 7) is 7.67. The SMILES string of the molecule is CCNC(c1cccc(C)n1)C1CCC(C)CC1. The Labute approximate surface area is 111 Å². The molecule has 18 heavy (non-hydrogen) atoms. The Morgan fingerprint density at radius 3 is 2.61 bits per heavy atom. The molecule has 1 unspecified atom stereocenters. The van der Waals surface area contributed by atoms with Crippen LogP contribution >= 0.6 is 0 Å². The van der Waals surface area contributed by atoms with Crippen LogP contribution in [-0.2, 0) is 0 Å². The van der Waals surface area contributed by atoms with Crippen LogP contribution in [0.4, 0.5) is 0 Å². The van der Waals surface area contributed by atoms with Gasteiger partial charge in [0.2, 0.25) is 0 Å². The van der Waals surface area contributed by atoms with Crippen LogP contribution in [0.15, 0.2) is 18.2 Å². The van der Waals surface area contributed by atoms with E-state index in [0.717, 1.165) is 24.1 Å². The van der Waals surface area contributed by atoms with E-state index in [2.05, 4.69) is 44.3 Å². The lowest BCUT2D eigenvalue weighted by atomic mass is 9.78. The second-order valence-electron chi connectivity index (χ2n) is 5.76. The van der Waals surface area contributed by atoms with Gasteiger partial charge in [-0.25, -0.2) is 0 Å². The Kier molecular flexibility index (Phi) is 4.76. The van der Waals surface area contributed by atoms with Gasteiger partial charge >= 0.3 is 0 Å². The van der Waals surface area contributed by atoms with Gasteiger partial charge in [0.15, 0.2) is 0 Å². The lowest BCUT2D eigenvalue weighted by Crippen LogP contribution is -2.31. The molecule has 2 heteroatoms. The third-order valence-corrected chi connectivity index (χ3v) is 4.18. The van der Waals surface area contributed by atoms with Crippen molar-refractivity contribution in [3.05, 3.63) is 29.6 Å². The summed E-state index contributed by atoms with van der Waals surface area (Å²) < 4.78 is 0. The highest BCUT2D eigenvalue weighted by atomic mass is 14.9. The molecule has 1 fully saturated rings. The topological polar surface area (TPSA) is 24.9 Å². The van der Waals surface area contributed by atoms with E-state index in [4.69, 9.17) is 4.98 Å². The van der Waals surface area contributed by atoms with E-state index in [0.29, 0.717) is 6.04 Å². The summed E-state index contributed by atoms with van der Waals surface area (Å²) in [7, 11) is 0. The molecule has 1 heterocycles. The van der Waals surface area contributed by atoms with Crippen molar-refractivity contribution in [3.8, 4) is 0 Å². The van der Waals surface area contributed by atoms with Crippen molar-refractivity contribution in [2.24, 2.45) is 11.8 Å². The number of aryl methyl sites for hydroxylation is 1. The first kappa shape index (κ1) is 13.5. The molecule has 1 saturated carbocycles. The number of aromatic nitrogens is 1. The zero-order chi connectivity index (χ0) is 13.0. The van der Waals surface area contributed by atoms with Crippen molar-refractivity contribution >= 4 is 0 Å². The molecule has 2 rings (SSSR count). The minimum absolute atomic E-state index is 0.447. The van der Waals surface area contributed by atoms with E-state index in [1.54, 1.807) is 0 Å². The molecule has 1 aliphatic carbocycles. The second-order valence-corrected chi connectivity index (χ2v) is 5.76. The van der Waals surface area contributed by atoms with Crippen LogP contribution in [0.1, 0.15) is 57.0 Å². The van der Waals surface area contributed by atoms with Crippen LogP contribution < -0.4 is 5.32 Å². The Balaban J connectivity index is 2.12. The van der Waals surface area contributed by atoms with Gasteiger partial charge in [0.05, 0.1) is 11.7 Å². The summed E-state index contributed by atoms with van der Waals surface area (Å²) in [5.74, 6) is 1.67.